The molecule has 0 saturated heterocycles. The van der Waals surface area contributed by atoms with Crippen LogP contribution in [0.3, 0.4) is 0 Å². The van der Waals surface area contributed by atoms with E-state index in [1.165, 1.54) is 18.4 Å². The predicted octanol–water partition coefficient (Wildman–Crippen LogP) is 1.27. The molecule has 0 amide bonds. The normalized spacial score (nSPS) is 9.60. The lowest BCUT2D eigenvalue weighted by atomic mass is 10.4. The van der Waals surface area contributed by atoms with E-state index in [1.807, 2.05) is 6.07 Å². The van der Waals surface area contributed by atoms with Crippen molar-refractivity contribution in [2.24, 2.45) is 0 Å². The fraction of sp³-hybridized carbons (Fsp3) is 0.400. The molecule has 0 aliphatic rings. The van der Waals surface area contributed by atoms with Crippen molar-refractivity contribution in [3.8, 4) is 6.07 Å². The summed E-state index contributed by atoms with van der Waals surface area (Å²) in [5.74, 6) is -0.216. The molecule has 1 aromatic heterocycles. The quantitative estimate of drug-likeness (QED) is 0.604. The molecule has 80 valence electrons. The molecular formula is C10H12N2O2S. The Hall–Kier alpha value is -1.38. The molecule has 1 heterocycles. The lowest BCUT2D eigenvalue weighted by Gasteiger charge is -2.01. The number of rotatable bonds is 5. The maximum absolute atomic E-state index is 10.8. The minimum Gasteiger partial charge on any atom is -0.469 e. The molecule has 0 radical (unpaired) electrons. The minimum absolute atomic E-state index is 0.216. The van der Waals surface area contributed by atoms with Crippen LogP contribution in [0, 0.1) is 11.3 Å². The standard InChI is InChI=1S/C10H12N2O2S/c1-14-10(13)4-5-12-7-9-3-2-8(6-11)15-9/h2-3,12H,4-5,7H2,1H3. The van der Waals surface area contributed by atoms with Crippen molar-refractivity contribution < 1.29 is 9.53 Å². The van der Waals surface area contributed by atoms with Crippen LogP contribution in [-0.4, -0.2) is 19.6 Å². The molecule has 15 heavy (non-hydrogen) atoms. The Kier molecular flexibility index (Phi) is 4.81. The van der Waals surface area contributed by atoms with Gasteiger partial charge in [0.15, 0.2) is 0 Å². The van der Waals surface area contributed by atoms with Gasteiger partial charge in [0.25, 0.3) is 0 Å². The van der Waals surface area contributed by atoms with Crippen molar-refractivity contribution in [3.63, 3.8) is 0 Å². The second-order valence-electron chi connectivity index (χ2n) is 2.88. The second-order valence-corrected chi connectivity index (χ2v) is 4.05. The van der Waals surface area contributed by atoms with Gasteiger partial charge in [-0.1, -0.05) is 0 Å². The molecule has 0 fully saturated rings. The van der Waals surface area contributed by atoms with E-state index in [0.717, 1.165) is 4.88 Å². The van der Waals surface area contributed by atoms with Crippen LogP contribution in [0.5, 0.6) is 0 Å². The first-order valence-electron chi connectivity index (χ1n) is 4.52. The van der Waals surface area contributed by atoms with Crippen LogP contribution in [-0.2, 0) is 16.1 Å². The van der Waals surface area contributed by atoms with Gasteiger partial charge in [-0.15, -0.1) is 11.3 Å². The summed E-state index contributed by atoms with van der Waals surface area (Å²) in [5, 5.41) is 11.7. The third kappa shape index (κ3) is 4.11. The largest absolute Gasteiger partial charge is 0.469 e. The molecule has 5 heteroatoms. The Labute approximate surface area is 92.5 Å². The van der Waals surface area contributed by atoms with E-state index in [4.69, 9.17) is 5.26 Å². The van der Waals surface area contributed by atoms with Crippen molar-refractivity contribution in [1.82, 2.24) is 5.32 Å². The van der Waals surface area contributed by atoms with Crippen LogP contribution in [0.15, 0.2) is 12.1 Å². The summed E-state index contributed by atoms with van der Waals surface area (Å²) in [6.07, 6.45) is 0.368. The number of esters is 1. The zero-order valence-corrected chi connectivity index (χ0v) is 9.26. The molecule has 1 N–H and O–H groups in total. The van der Waals surface area contributed by atoms with Crippen molar-refractivity contribution in [2.45, 2.75) is 13.0 Å². The number of ether oxygens (including phenoxy) is 1. The highest BCUT2D eigenvalue weighted by molar-refractivity contribution is 7.12. The SMILES string of the molecule is COC(=O)CCNCc1ccc(C#N)s1. The number of methoxy groups -OCH3 is 1. The lowest BCUT2D eigenvalue weighted by molar-refractivity contribution is -0.140. The van der Waals surface area contributed by atoms with Crippen molar-refractivity contribution in [1.29, 1.82) is 5.26 Å². The van der Waals surface area contributed by atoms with Gasteiger partial charge in [-0.2, -0.15) is 5.26 Å². The molecule has 0 unspecified atom stereocenters. The fourth-order valence-corrected chi connectivity index (χ4v) is 1.81. The zero-order chi connectivity index (χ0) is 11.1. The van der Waals surface area contributed by atoms with Crippen LogP contribution < -0.4 is 5.32 Å². The van der Waals surface area contributed by atoms with E-state index in [2.05, 4.69) is 16.1 Å². The van der Waals surface area contributed by atoms with Gasteiger partial charge in [0.05, 0.1) is 13.5 Å². The van der Waals surface area contributed by atoms with Gasteiger partial charge in [-0.25, -0.2) is 0 Å². The zero-order valence-electron chi connectivity index (χ0n) is 8.45. The van der Waals surface area contributed by atoms with Crippen molar-refractivity contribution in [3.05, 3.63) is 21.9 Å². The van der Waals surface area contributed by atoms with E-state index >= 15 is 0 Å². The van der Waals surface area contributed by atoms with Gasteiger partial charge in [0, 0.05) is 18.0 Å². The number of nitrogens with one attached hydrogen (secondary N) is 1. The molecule has 4 nitrogen and oxygen atoms in total. The highest BCUT2D eigenvalue weighted by Gasteiger charge is 2.01. The molecule has 0 aromatic carbocycles. The predicted molar refractivity (Wildman–Crippen MR) is 57.4 cm³/mol. The number of carbonyl (C=O) groups excluding carboxylic acids is 1. The van der Waals surface area contributed by atoms with Gasteiger partial charge in [-0.3, -0.25) is 4.79 Å². The topological polar surface area (TPSA) is 62.1 Å². The maximum atomic E-state index is 10.8. The average Bonchev–Trinajstić information content (AvgIpc) is 2.72. The van der Waals surface area contributed by atoms with Gasteiger partial charge in [0.1, 0.15) is 10.9 Å². The number of nitrogens with zero attached hydrogens (tertiary/aromatic N) is 1. The highest BCUT2D eigenvalue weighted by atomic mass is 32.1. The Balaban J connectivity index is 2.21. The van der Waals surface area contributed by atoms with Crippen LogP contribution >= 0.6 is 11.3 Å². The third-order valence-electron chi connectivity index (χ3n) is 1.80. The summed E-state index contributed by atoms with van der Waals surface area (Å²) >= 11 is 1.46. The van der Waals surface area contributed by atoms with E-state index < -0.39 is 0 Å². The van der Waals surface area contributed by atoms with Gasteiger partial charge in [0.2, 0.25) is 0 Å². The molecule has 0 aliphatic heterocycles. The molecule has 1 aromatic rings. The van der Waals surface area contributed by atoms with Crippen LogP contribution in [0.25, 0.3) is 0 Å². The first-order chi connectivity index (χ1) is 7.26. The van der Waals surface area contributed by atoms with E-state index in [-0.39, 0.29) is 5.97 Å². The Morgan fingerprint density at radius 2 is 2.47 bits per heavy atom. The van der Waals surface area contributed by atoms with E-state index in [1.54, 1.807) is 6.07 Å². The van der Waals surface area contributed by atoms with Gasteiger partial charge < -0.3 is 10.1 Å². The fourth-order valence-electron chi connectivity index (χ4n) is 1.04. The smallest absolute Gasteiger partial charge is 0.306 e. The van der Waals surface area contributed by atoms with E-state index in [0.29, 0.717) is 24.4 Å². The average molecular weight is 224 g/mol. The molecule has 0 aliphatic carbocycles. The highest BCUT2D eigenvalue weighted by Crippen LogP contribution is 2.14. The summed E-state index contributed by atoms with van der Waals surface area (Å²) in [6.45, 7) is 1.27. The summed E-state index contributed by atoms with van der Waals surface area (Å²) in [7, 11) is 1.38. The number of carbonyl (C=O) groups is 1. The number of hydrogen-bond acceptors (Lipinski definition) is 5. The first kappa shape index (κ1) is 11.7. The summed E-state index contributed by atoms with van der Waals surface area (Å²) in [4.78, 5) is 12.6. The molecular weight excluding hydrogens is 212 g/mol. The summed E-state index contributed by atoms with van der Waals surface area (Å²) in [5.41, 5.74) is 0. The third-order valence-corrected chi connectivity index (χ3v) is 2.79. The summed E-state index contributed by atoms with van der Waals surface area (Å²) < 4.78 is 4.50. The first-order valence-corrected chi connectivity index (χ1v) is 5.34. The Morgan fingerprint density at radius 3 is 3.07 bits per heavy atom. The lowest BCUT2D eigenvalue weighted by Crippen LogP contribution is -2.17. The molecule has 1 rings (SSSR count). The monoisotopic (exact) mass is 224 g/mol. The maximum Gasteiger partial charge on any atom is 0.306 e. The van der Waals surface area contributed by atoms with Crippen LogP contribution in [0.1, 0.15) is 16.2 Å². The number of thiophene rings is 1. The molecule has 0 spiro atoms. The van der Waals surface area contributed by atoms with Crippen molar-refractivity contribution >= 4 is 17.3 Å². The molecule has 0 atom stereocenters. The van der Waals surface area contributed by atoms with Crippen molar-refractivity contribution in [2.75, 3.05) is 13.7 Å². The van der Waals surface area contributed by atoms with Crippen LogP contribution in [0.2, 0.25) is 0 Å². The Morgan fingerprint density at radius 1 is 1.67 bits per heavy atom. The van der Waals surface area contributed by atoms with Gasteiger partial charge in [-0.05, 0) is 12.1 Å². The van der Waals surface area contributed by atoms with E-state index in [9.17, 15) is 4.79 Å². The number of hydrogen-bond donors (Lipinski definition) is 1. The molecule has 0 bridgehead atoms. The summed E-state index contributed by atoms with van der Waals surface area (Å²) in [6, 6.07) is 5.79. The second kappa shape index (κ2) is 6.17. The number of nitriles is 1. The molecule has 0 saturated carbocycles. The van der Waals surface area contributed by atoms with Gasteiger partial charge >= 0.3 is 5.97 Å². The minimum atomic E-state index is -0.216. The Bertz CT molecular complexity index is 368. The van der Waals surface area contributed by atoms with Crippen LogP contribution in [0.4, 0.5) is 0 Å².